The minimum atomic E-state index is -0.923. The first-order chi connectivity index (χ1) is 14.0. The number of piperidine rings is 2. The van der Waals surface area contributed by atoms with Crippen LogP contribution in [0.4, 0.5) is 0 Å². The van der Waals surface area contributed by atoms with E-state index in [1.54, 1.807) is 12.1 Å². The van der Waals surface area contributed by atoms with E-state index in [-0.39, 0.29) is 18.7 Å². The molecule has 152 valence electrons. The van der Waals surface area contributed by atoms with Crippen molar-refractivity contribution in [2.75, 3.05) is 26.2 Å². The maximum Gasteiger partial charge on any atom is 0.262 e. The first-order valence-corrected chi connectivity index (χ1v) is 10.2. The highest BCUT2D eigenvalue weighted by Gasteiger charge is 2.47. The summed E-state index contributed by atoms with van der Waals surface area (Å²) in [6.45, 7) is 4.72. The molecule has 29 heavy (non-hydrogen) atoms. The molecule has 3 fully saturated rings. The summed E-state index contributed by atoms with van der Waals surface area (Å²) in [5.74, 6) is -1.82. The first kappa shape index (κ1) is 18.4. The van der Waals surface area contributed by atoms with Crippen molar-refractivity contribution in [2.24, 2.45) is 5.41 Å². The third-order valence-electron chi connectivity index (χ3n) is 6.63. The molecular weight excluding hydrogens is 372 g/mol. The van der Waals surface area contributed by atoms with Gasteiger partial charge in [0, 0.05) is 38.0 Å². The maximum atomic E-state index is 13.1. The number of imide groups is 2. The summed E-state index contributed by atoms with van der Waals surface area (Å²) in [6.07, 6.45) is 2.72. The van der Waals surface area contributed by atoms with Crippen LogP contribution in [-0.2, 0) is 16.1 Å². The van der Waals surface area contributed by atoms with E-state index >= 15 is 0 Å². The number of fused-ring (bicyclic) bond motifs is 1. The zero-order valence-corrected chi connectivity index (χ0v) is 16.2. The lowest BCUT2D eigenvalue weighted by molar-refractivity contribution is -0.136. The van der Waals surface area contributed by atoms with Crippen LogP contribution in [0.2, 0.25) is 0 Å². The fourth-order valence-corrected chi connectivity index (χ4v) is 5.27. The van der Waals surface area contributed by atoms with Gasteiger partial charge in [0.2, 0.25) is 11.8 Å². The normalized spacial score (nSPS) is 26.5. The number of likely N-dealkylation sites (tertiary alicyclic amines) is 1. The molecule has 1 aromatic rings. The number of carbonyl (C=O) groups excluding carboxylic acids is 4. The van der Waals surface area contributed by atoms with E-state index < -0.39 is 23.8 Å². The zero-order chi connectivity index (χ0) is 20.2. The van der Waals surface area contributed by atoms with Crippen molar-refractivity contribution in [1.82, 2.24) is 20.4 Å². The van der Waals surface area contributed by atoms with Gasteiger partial charge in [-0.15, -0.1) is 0 Å². The highest BCUT2D eigenvalue weighted by molar-refractivity contribution is 6.24. The number of carbonyl (C=O) groups is 4. The Kier molecular flexibility index (Phi) is 4.29. The molecule has 1 aromatic carbocycles. The van der Waals surface area contributed by atoms with Crippen LogP contribution in [0.25, 0.3) is 0 Å². The summed E-state index contributed by atoms with van der Waals surface area (Å²) in [7, 11) is 0. The van der Waals surface area contributed by atoms with Crippen molar-refractivity contribution in [3.05, 3.63) is 34.9 Å². The number of hydrogen-bond acceptors (Lipinski definition) is 6. The molecule has 4 aliphatic rings. The van der Waals surface area contributed by atoms with Crippen molar-refractivity contribution in [3.63, 3.8) is 0 Å². The number of benzene rings is 1. The lowest BCUT2D eigenvalue weighted by Crippen LogP contribution is -2.61. The summed E-state index contributed by atoms with van der Waals surface area (Å²) in [5.41, 5.74) is 1.93. The number of hydrogen-bond donors (Lipinski definition) is 2. The molecule has 0 bridgehead atoms. The molecule has 3 saturated heterocycles. The molecule has 0 radical (unpaired) electrons. The van der Waals surface area contributed by atoms with Crippen LogP contribution >= 0.6 is 0 Å². The van der Waals surface area contributed by atoms with Gasteiger partial charge in [0.15, 0.2) is 0 Å². The molecule has 4 amide bonds. The van der Waals surface area contributed by atoms with E-state index in [9.17, 15) is 19.2 Å². The Morgan fingerprint density at radius 1 is 1.10 bits per heavy atom. The van der Waals surface area contributed by atoms with Crippen LogP contribution in [0.1, 0.15) is 52.0 Å². The standard InChI is InChI=1S/C21H24N4O4/c26-16-6-5-15(18(27)23-16)25-19(28)14-4-1-3-13(17(14)20(25)29)9-24-11-21(12-24)7-2-8-22-10-21/h1,3-4,15,22H,2,5-12H2,(H,23,26,27). The number of amides is 4. The molecule has 8 heteroatoms. The third kappa shape index (κ3) is 2.98. The van der Waals surface area contributed by atoms with Gasteiger partial charge in [-0.25, -0.2) is 0 Å². The van der Waals surface area contributed by atoms with Crippen molar-refractivity contribution < 1.29 is 19.2 Å². The summed E-state index contributed by atoms with van der Waals surface area (Å²) >= 11 is 0. The Morgan fingerprint density at radius 3 is 2.66 bits per heavy atom. The minimum absolute atomic E-state index is 0.126. The molecule has 0 aliphatic carbocycles. The van der Waals surface area contributed by atoms with Gasteiger partial charge in [-0.3, -0.25) is 34.3 Å². The van der Waals surface area contributed by atoms with E-state index in [1.807, 2.05) is 6.07 Å². The highest BCUT2D eigenvalue weighted by atomic mass is 16.2. The van der Waals surface area contributed by atoms with Crippen LogP contribution in [0, 0.1) is 5.41 Å². The van der Waals surface area contributed by atoms with Gasteiger partial charge in [-0.05, 0) is 37.4 Å². The van der Waals surface area contributed by atoms with E-state index in [4.69, 9.17) is 0 Å². The third-order valence-corrected chi connectivity index (χ3v) is 6.63. The van der Waals surface area contributed by atoms with Gasteiger partial charge in [0.05, 0.1) is 11.1 Å². The molecule has 4 heterocycles. The summed E-state index contributed by atoms with van der Waals surface area (Å²) in [4.78, 5) is 53.1. The van der Waals surface area contributed by atoms with Gasteiger partial charge in [-0.1, -0.05) is 12.1 Å². The van der Waals surface area contributed by atoms with Crippen LogP contribution in [0.3, 0.4) is 0 Å². The van der Waals surface area contributed by atoms with Gasteiger partial charge < -0.3 is 5.32 Å². The predicted molar refractivity (Wildman–Crippen MR) is 103 cm³/mol. The second-order valence-electron chi connectivity index (χ2n) is 8.71. The molecule has 0 aromatic heterocycles. The average Bonchev–Trinajstić information content (AvgIpc) is 2.93. The maximum absolute atomic E-state index is 13.1. The van der Waals surface area contributed by atoms with Crippen LogP contribution in [0.5, 0.6) is 0 Å². The number of nitrogens with zero attached hydrogens (tertiary/aromatic N) is 2. The van der Waals surface area contributed by atoms with Crippen LogP contribution in [0.15, 0.2) is 18.2 Å². The molecule has 8 nitrogen and oxygen atoms in total. The van der Waals surface area contributed by atoms with E-state index in [2.05, 4.69) is 15.5 Å². The monoisotopic (exact) mass is 396 g/mol. The molecular formula is C21H24N4O4. The smallest absolute Gasteiger partial charge is 0.262 e. The van der Waals surface area contributed by atoms with E-state index in [0.717, 1.165) is 36.6 Å². The van der Waals surface area contributed by atoms with Crippen molar-refractivity contribution in [3.8, 4) is 0 Å². The minimum Gasteiger partial charge on any atom is -0.316 e. The van der Waals surface area contributed by atoms with E-state index in [1.165, 1.54) is 12.8 Å². The largest absolute Gasteiger partial charge is 0.316 e. The molecule has 1 unspecified atom stereocenters. The Hall–Kier alpha value is -2.58. The van der Waals surface area contributed by atoms with Crippen molar-refractivity contribution >= 4 is 23.6 Å². The molecule has 0 saturated carbocycles. The lowest BCUT2D eigenvalue weighted by Gasteiger charge is -2.52. The second kappa shape index (κ2) is 6.74. The summed E-state index contributed by atoms with van der Waals surface area (Å²) in [5, 5.41) is 5.71. The zero-order valence-electron chi connectivity index (χ0n) is 16.2. The Labute approximate surface area is 168 Å². The van der Waals surface area contributed by atoms with Gasteiger partial charge >= 0.3 is 0 Å². The first-order valence-electron chi connectivity index (χ1n) is 10.2. The van der Waals surface area contributed by atoms with Crippen molar-refractivity contribution in [2.45, 2.75) is 38.3 Å². The van der Waals surface area contributed by atoms with Gasteiger partial charge in [0.25, 0.3) is 11.8 Å². The number of nitrogens with one attached hydrogen (secondary N) is 2. The number of rotatable bonds is 3. The van der Waals surface area contributed by atoms with Crippen molar-refractivity contribution in [1.29, 1.82) is 0 Å². The molecule has 1 spiro atoms. The Bertz CT molecular complexity index is 913. The van der Waals surface area contributed by atoms with Gasteiger partial charge in [-0.2, -0.15) is 0 Å². The van der Waals surface area contributed by atoms with Crippen LogP contribution in [-0.4, -0.2) is 65.6 Å². The Balaban J connectivity index is 1.35. The molecule has 2 N–H and O–H groups in total. The van der Waals surface area contributed by atoms with Crippen LogP contribution < -0.4 is 10.6 Å². The fourth-order valence-electron chi connectivity index (χ4n) is 5.27. The lowest BCUT2D eigenvalue weighted by atomic mass is 9.74. The molecule has 5 rings (SSSR count). The second-order valence-corrected chi connectivity index (χ2v) is 8.71. The van der Waals surface area contributed by atoms with Gasteiger partial charge in [0.1, 0.15) is 6.04 Å². The van der Waals surface area contributed by atoms with E-state index in [0.29, 0.717) is 23.1 Å². The fraction of sp³-hybridized carbons (Fsp3) is 0.524. The highest BCUT2D eigenvalue weighted by Crippen LogP contribution is 2.38. The SMILES string of the molecule is O=C1CCC(N2C(=O)c3cccc(CN4CC5(CCCNC5)C4)c3C2=O)C(=O)N1. The molecule has 4 aliphatic heterocycles. The quantitative estimate of drug-likeness (QED) is 0.712. The summed E-state index contributed by atoms with van der Waals surface area (Å²) < 4.78 is 0. The predicted octanol–water partition coefficient (Wildman–Crippen LogP) is 0.273. The topological polar surface area (TPSA) is 98.8 Å². The summed E-state index contributed by atoms with van der Waals surface area (Å²) in [6, 6.07) is 4.41. The molecule has 1 atom stereocenters. The average molecular weight is 396 g/mol. The Morgan fingerprint density at radius 2 is 1.93 bits per heavy atom.